The lowest BCUT2D eigenvalue weighted by Gasteiger charge is -2.12. The smallest absolute Gasteiger partial charge is 0.156 e. The first-order valence-electron chi connectivity index (χ1n) is 4.36. The number of rotatable bonds is 2. The van der Waals surface area contributed by atoms with Gasteiger partial charge in [-0.2, -0.15) is 0 Å². The van der Waals surface area contributed by atoms with Crippen molar-refractivity contribution in [1.29, 1.82) is 0 Å². The molecule has 12 heavy (non-hydrogen) atoms. The summed E-state index contributed by atoms with van der Waals surface area (Å²) in [6.07, 6.45) is 6.04. The highest BCUT2D eigenvalue weighted by Crippen LogP contribution is 2.19. The van der Waals surface area contributed by atoms with E-state index in [1.54, 1.807) is 14.2 Å². The molecule has 0 aromatic rings. The first kappa shape index (κ1) is 11.1. The van der Waals surface area contributed by atoms with Gasteiger partial charge in [0.2, 0.25) is 0 Å². The van der Waals surface area contributed by atoms with Crippen molar-refractivity contribution >= 4 is 0 Å². The Hall–Kier alpha value is -0.920. The van der Waals surface area contributed by atoms with Gasteiger partial charge in [-0.3, -0.25) is 0 Å². The van der Waals surface area contributed by atoms with Gasteiger partial charge in [-0.15, -0.1) is 0 Å². The van der Waals surface area contributed by atoms with E-state index in [9.17, 15) is 0 Å². The Kier molecular flexibility index (Phi) is 6.25. The predicted molar refractivity (Wildman–Crippen MR) is 50.8 cm³/mol. The summed E-state index contributed by atoms with van der Waals surface area (Å²) >= 11 is 0. The number of allylic oxidation sites excluding steroid dienone is 3. The molecule has 2 heteroatoms. The fraction of sp³-hybridized carbons (Fsp3) is 0.600. The van der Waals surface area contributed by atoms with Crippen LogP contribution in [-0.4, -0.2) is 14.2 Å². The average molecular weight is 170 g/mol. The zero-order valence-corrected chi connectivity index (χ0v) is 8.39. The Morgan fingerprint density at radius 1 is 1.17 bits per heavy atom. The first-order chi connectivity index (χ1) is 5.88. The van der Waals surface area contributed by atoms with Crippen LogP contribution >= 0.6 is 0 Å². The summed E-state index contributed by atoms with van der Waals surface area (Å²) in [5, 5.41) is 0. The molecule has 2 nitrogen and oxygen atoms in total. The molecule has 0 fully saturated rings. The van der Waals surface area contributed by atoms with Crippen molar-refractivity contribution in [2.24, 2.45) is 0 Å². The van der Waals surface area contributed by atoms with E-state index in [-0.39, 0.29) is 0 Å². The number of hydrogen-bond acceptors (Lipinski definition) is 2. The van der Waals surface area contributed by atoms with Gasteiger partial charge in [-0.05, 0) is 12.5 Å². The molecular weight excluding hydrogens is 152 g/mol. The third-order valence-electron chi connectivity index (χ3n) is 1.55. The Labute approximate surface area is 74.9 Å². The molecular formula is C10H18O2. The molecule has 1 aliphatic carbocycles. The summed E-state index contributed by atoms with van der Waals surface area (Å²) in [7, 11) is 3.33. The normalized spacial score (nSPS) is 15.0. The van der Waals surface area contributed by atoms with Crippen molar-refractivity contribution in [3.63, 3.8) is 0 Å². The molecule has 0 atom stereocenters. The summed E-state index contributed by atoms with van der Waals surface area (Å²) in [5.74, 6) is 1.80. The molecule has 0 aliphatic heterocycles. The lowest BCUT2D eigenvalue weighted by molar-refractivity contribution is 0.219. The molecule has 1 rings (SSSR count). The predicted octanol–water partition coefficient (Wildman–Crippen LogP) is 2.87. The standard InChI is InChI=1S/C8H12O2.C2H6/c1-9-7-5-3-4-6-8(7)10-2;1-2/h3,5H,4,6H2,1-2H3;1-2H3. The monoisotopic (exact) mass is 170 g/mol. The number of ether oxygens (including phenoxy) is 2. The molecule has 0 heterocycles. The zero-order chi connectivity index (χ0) is 9.40. The Balaban J connectivity index is 0.000000561. The number of methoxy groups -OCH3 is 2. The molecule has 0 aromatic heterocycles. The minimum atomic E-state index is 0.855. The summed E-state index contributed by atoms with van der Waals surface area (Å²) < 4.78 is 10.2. The fourth-order valence-electron chi connectivity index (χ4n) is 1.01. The van der Waals surface area contributed by atoms with Gasteiger partial charge in [0, 0.05) is 6.42 Å². The van der Waals surface area contributed by atoms with Crippen LogP contribution in [0.3, 0.4) is 0 Å². The maximum absolute atomic E-state index is 5.10. The topological polar surface area (TPSA) is 18.5 Å². The van der Waals surface area contributed by atoms with Gasteiger partial charge in [0.15, 0.2) is 5.76 Å². The van der Waals surface area contributed by atoms with E-state index >= 15 is 0 Å². The van der Waals surface area contributed by atoms with Crippen molar-refractivity contribution in [2.75, 3.05) is 14.2 Å². The lowest BCUT2D eigenvalue weighted by atomic mass is 10.1. The maximum atomic E-state index is 5.10. The van der Waals surface area contributed by atoms with Crippen LogP contribution in [0.1, 0.15) is 26.7 Å². The van der Waals surface area contributed by atoms with Crippen LogP contribution < -0.4 is 0 Å². The van der Waals surface area contributed by atoms with Crippen LogP contribution in [0.5, 0.6) is 0 Å². The molecule has 0 unspecified atom stereocenters. The molecule has 1 aliphatic rings. The molecule has 0 bridgehead atoms. The highest BCUT2D eigenvalue weighted by molar-refractivity contribution is 5.20. The molecule has 0 saturated heterocycles. The van der Waals surface area contributed by atoms with Crippen molar-refractivity contribution < 1.29 is 9.47 Å². The van der Waals surface area contributed by atoms with E-state index in [1.807, 2.05) is 19.9 Å². The summed E-state index contributed by atoms with van der Waals surface area (Å²) in [6, 6.07) is 0. The van der Waals surface area contributed by atoms with E-state index in [4.69, 9.17) is 9.47 Å². The van der Waals surface area contributed by atoms with Crippen molar-refractivity contribution in [1.82, 2.24) is 0 Å². The van der Waals surface area contributed by atoms with Crippen LogP contribution in [0, 0.1) is 0 Å². The molecule has 0 amide bonds. The van der Waals surface area contributed by atoms with E-state index in [0.29, 0.717) is 0 Å². The van der Waals surface area contributed by atoms with Crippen LogP contribution in [-0.2, 0) is 9.47 Å². The van der Waals surface area contributed by atoms with E-state index < -0.39 is 0 Å². The molecule has 0 radical (unpaired) electrons. The zero-order valence-electron chi connectivity index (χ0n) is 8.39. The summed E-state index contributed by atoms with van der Waals surface area (Å²) in [4.78, 5) is 0. The highest BCUT2D eigenvalue weighted by atomic mass is 16.5. The van der Waals surface area contributed by atoms with Gasteiger partial charge in [-0.1, -0.05) is 19.9 Å². The third kappa shape index (κ3) is 2.99. The maximum Gasteiger partial charge on any atom is 0.156 e. The minimum absolute atomic E-state index is 0.855. The SMILES string of the molecule is CC.COC1=C(OC)CCC=C1. The van der Waals surface area contributed by atoms with Gasteiger partial charge in [-0.25, -0.2) is 0 Å². The van der Waals surface area contributed by atoms with Gasteiger partial charge in [0.05, 0.1) is 14.2 Å². The van der Waals surface area contributed by atoms with Crippen LogP contribution in [0.2, 0.25) is 0 Å². The van der Waals surface area contributed by atoms with Crippen molar-refractivity contribution in [2.45, 2.75) is 26.7 Å². The molecule has 70 valence electrons. The summed E-state index contributed by atoms with van der Waals surface area (Å²) in [5.41, 5.74) is 0. The fourth-order valence-corrected chi connectivity index (χ4v) is 1.01. The number of hydrogen-bond donors (Lipinski definition) is 0. The average Bonchev–Trinajstić information content (AvgIpc) is 2.20. The molecule has 0 spiro atoms. The van der Waals surface area contributed by atoms with Crippen molar-refractivity contribution in [3.05, 3.63) is 23.7 Å². The first-order valence-corrected chi connectivity index (χ1v) is 4.36. The second kappa shape index (κ2) is 6.77. The van der Waals surface area contributed by atoms with Crippen LogP contribution in [0.15, 0.2) is 23.7 Å². The van der Waals surface area contributed by atoms with Gasteiger partial charge < -0.3 is 9.47 Å². The van der Waals surface area contributed by atoms with Crippen LogP contribution in [0.25, 0.3) is 0 Å². The molecule has 0 saturated carbocycles. The largest absolute Gasteiger partial charge is 0.497 e. The Morgan fingerprint density at radius 3 is 2.25 bits per heavy atom. The van der Waals surface area contributed by atoms with Crippen LogP contribution in [0.4, 0.5) is 0 Å². The quantitative estimate of drug-likeness (QED) is 0.634. The van der Waals surface area contributed by atoms with Gasteiger partial charge in [0.25, 0.3) is 0 Å². The summed E-state index contributed by atoms with van der Waals surface area (Å²) in [6.45, 7) is 4.00. The second-order valence-corrected chi connectivity index (χ2v) is 2.14. The molecule has 0 aromatic carbocycles. The van der Waals surface area contributed by atoms with Gasteiger partial charge in [0.1, 0.15) is 5.76 Å². The minimum Gasteiger partial charge on any atom is -0.497 e. The van der Waals surface area contributed by atoms with E-state index in [0.717, 1.165) is 24.4 Å². The third-order valence-corrected chi connectivity index (χ3v) is 1.55. The molecule has 0 N–H and O–H groups in total. The van der Waals surface area contributed by atoms with E-state index in [2.05, 4.69) is 6.08 Å². The van der Waals surface area contributed by atoms with Gasteiger partial charge >= 0.3 is 0 Å². The Bertz CT molecular complexity index is 169. The lowest BCUT2D eigenvalue weighted by Crippen LogP contribution is -1.98. The highest BCUT2D eigenvalue weighted by Gasteiger charge is 2.07. The second-order valence-electron chi connectivity index (χ2n) is 2.14. The van der Waals surface area contributed by atoms with Crippen molar-refractivity contribution in [3.8, 4) is 0 Å². The Morgan fingerprint density at radius 2 is 1.83 bits per heavy atom. The van der Waals surface area contributed by atoms with E-state index in [1.165, 1.54) is 0 Å².